The lowest BCUT2D eigenvalue weighted by Crippen LogP contribution is -2.57. The van der Waals surface area contributed by atoms with Crippen molar-refractivity contribution in [1.82, 2.24) is 0 Å². The zero-order valence-electron chi connectivity index (χ0n) is 13.2. The van der Waals surface area contributed by atoms with Gasteiger partial charge in [0.25, 0.3) is 0 Å². The first-order valence-electron chi connectivity index (χ1n) is 7.29. The molecule has 6 unspecified atom stereocenters. The fraction of sp³-hybridized carbons (Fsp3) is 0.917. The molecule has 5 N–H and O–H groups in total. The van der Waals surface area contributed by atoms with Crippen molar-refractivity contribution in [2.45, 2.75) is 56.5 Å². The van der Waals surface area contributed by atoms with E-state index < -0.39 is 46.9 Å². The summed E-state index contributed by atoms with van der Waals surface area (Å²) >= 11 is 0.778. The zero-order valence-corrected chi connectivity index (χ0v) is 14.9. The maximum absolute atomic E-state index is 10.7. The lowest BCUT2D eigenvalue weighted by atomic mass is 10.0. The Kier molecular flexibility index (Phi) is 8.35. The summed E-state index contributed by atoms with van der Waals surface area (Å²) in [5.41, 5.74) is -1.12. The number of aliphatic hydroxyl groups excluding tert-OH is 4. The van der Waals surface area contributed by atoms with Crippen LogP contribution in [0.15, 0.2) is 5.16 Å². The Balaban J connectivity index is 2.91. The minimum absolute atomic E-state index is 0.0890. The monoisotopic (exact) mass is 389 g/mol. The first-order valence-corrected chi connectivity index (χ1v) is 9.53. The highest BCUT2D eigenvalue weighted by Crippen LogP contribution is 2.31. The maximum Gasteiger partial charge on any atom is 0.466 e. The quantitative estimate of drug-likeness (QED) is 0.159. The molecule has 1 rings (SSSR count). The zero-order chi connectivity index (χ0) is 18.5. The molecule has 1 saturated heterocycles. The Morgan fingerprint density at radius 3 is 2.42 bits per heavy atom. The van der Waals surface area contributed by atoms with Crippen molar-refractivity contribution in [3.05, 3.63) is 0 Å². The second-order valence-corrected chi connectivity index (χ2v) is 7.70. The van der Waals surface area contributed by atoms with Gasteiger partial charge in [0.2, 0.25) is 0 Å². The van der Waals surface area contributed by atoms with Crippen LogP contribution in [0.4, 0.5) is 0 Å². The van der Waals surface area contributed by atoms with Crippen molar-refractivity contribution in [3.63, 3.8) is 0 Å². The molecular weight excluding hydrogens is 366 g/mol. The third kappa shape index (κ3) is 6.44. The van der Waals surface area contributed by atoms with E-state index in [1.54, 1.807) is 0 Å². The Morgan fingerprint density at radius 2 is 1.92 bits per heavy atom. The molecule has 0 bridgehead atoms. The highest BCUT2D eigenvalue weighted by molar-refractivity contribution is 8.14. The molecule has 1 heterocycles. The van der Waals surface area contributed by atoms with E-state index in [2.05, 4.69) is 9.44 Å². The van der Waals surface area contributed by atoms with Crippen molar-refractivity contribution >= 4 is 27.2 Å². The van der Waals surface area contributed by atoms with Gasteiger partial charge in [-0.15, -0.1) is 0 Å². The maximum atomic E-state index is 10.7. The summed E-state index contributed by atoms with van der Waals surface area (Å²) < 4.78 is 39.3. The number of ether oxygens (including phenoxy) is 1. The van der Waals surface area contributed by atoms with Crippen molar-refractivity contribution in [2.75, 3.05) is 6.61 Å². The number of thioether (sulfide) groups is 1. The summed E-state index contributed by atoms with van der Waals surface area (Å²) in [6.07, 6.45) is -4.62. The van der Waals surface area contributed by atoms with Crippen molar-refractivity contribution in [3.8, 4) is 0 Å². The Morgan fingerprint density at radius 1 is 1.29 bits per heavy atom. The van der Waals surface area contributed by atoms with E-state index in [4.69, 9.17) is 14.4 Å². The van der Waals surface area contributed by atoms with Crippen LogP contribution in [0.3, 0.4) is 0 Å². The first kappa shape index (κ1) is 21.6. The van der Waals surface area contributed by atoms with Gasteiger partial charge in [0.15, 0.2) is 0 Å². The molecule has 0 aromatic rings. The van der Waals surface area contributed by atoms with Gasteiger partial charge in [-0.1, -0.05) is 37.2 Å². The molecule has 24 heavy (non-hydrogen) atoms. The lowest BCUT2D eigenvalue weighted by Gasteiger charge is -2.39. The normalized spacial score (nSPS) is 33.3. The lowest BCUT2D eigenvalue weighted by molar-refractivity contribution is -0.205. The average Bonchev–Trinajstić information content (AvgIpc) is 2.52. The minimum atomic E-state index is -4.78. The molecule has 12 heteroatoms. The third-order valence-electron chi connectivity index (χ3n) is 3.55. The van der Waals surface area contributed by atoms with Gasteiger partial charge in [0.1, 0.15) is 34.9 Å². The second-order valence-electron chi connectivity index (χ2n) is 5.52. The number of aliphatic hydroxyl groups is 4. The smallest absolute Gasteiger partial charge is 0.394 e. The fourth-order valence-electron chi connectivity index (χ4n) is 1.94. The molecule has 0 spiro atoms. The predicted octanol–water partition coefficient (Wildman–Crippen LogP) is -0.911. The van der Waals surface area contributed by atoms with E-state index in [0.29, 0.717) is 0 Å². The molecule has 0 saturated carbocycles. The summed E-state index contributed by atoms with van der Waals surface area (Å²) in [6, 6.07) is 0. The molecule has 6 atom stereocenters. The van der Waals surface area contributed by atoms with E-state index >= 15 is 0 Å². The number of oxime groups is 1. The molecular formula is C12H23NO9S2. The number of hydrogen-bond donors (Lipinski definition) is 5. The average molecular weight is 389 g/mol. The standard InChI is InChI=1S/C12H23NO9S2/c1-3-6(2)4-8(13-22-24(18,19)20)23-12-11(17)10(16)9(15)7(5-14)21-12/h6-7,9-12,14-17H,3-5H2,1-2H3,(H,18,19,20). The van der Waals surface area contributed by atoms with Gasteiger partial charge in [-0.25, -0.2) is 4.28 Å². The molecule has 0 aromatic carbocycles. The molecule has 1 aliphatic rings. The Hall–Kier alpha value is -0.470. The SMILES string of the molecule is CCC(C)CC(=NOS(=O)(=O)O)SC1OC(CO)C(O)C(O)C1O. The van der Waals surface area contributed by atoms with Crippen LogP contribution in [0.2, 0.25) is 0 Å². The minimum Gasteiger partial charge on any atom is -0.394 e. The molecule has 1 aliphatic heterocycles. The van der Waals surface area contributed by atoms with Crippen LogP contribution in [0.5, 0.6) is 0 Å². The highest BCUT2D eigenvalue weighted by Gasteiger charge is 2.44. The van der Waals surface area contributed by atoms with Crippen molar-refractivity contribution in [2.24, 2.45) is 11.1 Å². The van der Waals surface area contributed by atoms with Gasteiger partial charge < -0.3 is 25.2 Å². The molecule has 142 valence electrons. The van der Waals surface area contributed by atoms with E-state index in [9.17, 15) is 23.7 Å². The fourth-order valence-corrected chi connectivity index (χ4v) is 3.40. The summed E-state index contributed by atoms with van der Waals surface area (Å²) in [4.78, 5) is 0. The largest absolute Gasteiger partial charge is 0.466 e. The van der Waals surface area contributed by atoms with Gasteiger partial charge in [0.05, 0.1) is 6.61 Å². The van der Waals surface area contributed by atoms with Crippen LogP contribution >= 0.6 is 11.8 Å². The molecule has 0 radical (unpaired) electrons. The molecule has 0 amide bonds. The summed E-state index contributed by atoms with van der Waals surface area (Å²) in [5.74, 6) is 0.0890. The van der Waals surface area contributed by atoms with Crippen LogP contribution in [0.1, 0.15) is 26.7 Å². The van der Waals surface area contributed by atoms with Gasteiger partial charge in [-0.3, -0.25) is 4.55 Å². The Bertz CT molecular complexity index is 525. The van der Waals surface area contributed by atoms with Crippen LogP contribution < -0.4 is 0 Å². The topological polar surface area (TPSA) is 166 Å². The van der Waals surface area contributed by atoms with E-state index in [1.807, 2.05) is 13.8 Å². The van der Waals surface area contributed by atoms with E-state index in [-0.39, 0.29) is 17.4 Å². The van der Waals surface area contributed by atoms with Crippen LogP contribution in [0, 0.1) is 5.92 Å². The Labute approximate surface area is 144 Å². The van der Waals surface area contributed by atoms with Gasteiger partial charge in [-0.05, 0) is 5.92 Å². The predicted molar refractivity (Wildman–Crippen MR) is 85.5 cm³/mol. The van der Waals surface area contributed by atoms with Gasteiger partial charge >= 0.3 is 10.4 Å². The summed E-state index contributed by atoms with van der Waals surface area (Å²) in [6.45, 7) is 3.20. The molecule has 1 fully saturated rings. The van der Waals surface area contributed by atoms with E-state index in [0.717, 1.165) is 18.2 Å². The van der Waals surface area contributed by atoms with Crippen LogP contribution in [0.25, 0.3) is 0 Å². The molecule has 0 aromatic heterocycles. The van der Waals surface area contributed by atoms with Gasteiger partial charge in [0, 0.05) is 6.42 Å². The number of hydrogen-bond acceptors (Lipinski definition) is 10. The summed E-state index contributed by atoms with van der Waals surface area (Å²) in [7, 11) is -4.78. The van der Waals surface area contributed by atoms with Gasteiger partial charge in [-0.2, -0.15) is 8.42 Å². The number of nitrogens with zero attached hydrogens (tertiary/aromatic N) is 1. The third-order valence-corrected chi connectivity index (χ3v) is 4.95. The van der Waals surface area contributed by atoms with Crippen LogP contribution in [-0.2, 0) is 19.4 Å². The van der Waals surface area contributed by atoms with E-state index in [1.165, 1.54) is 0 Å². The number of rotatable bonds is 7. The van der Waals surface area contributed by atoms with Crippen molar-refractivity contribution in [1.29, 1.82) is 0 Å². The van der Waals surface area contributed by atoms with Crippen LogP contribution in [-0.4, -0.2) is 74.9 Å². The molecule has 10 nitrogen and oxygen atoms in total. The summed E-state index contributed by atoms with van der Waals surface area (Å²) in [5, 5.41) is 42.1. The second kappa shape index (κ2) is 9.29. The van der Waals surface area contributed by atoms with Crippen molar-refractivity contribution < 1.29 is 42.4 Å². The molecule has 0 aliphatic carbocycles. The highest BCUT2D eigenvalue weighted by atomic mass is 32.3. The first-order chi connectivity index (χ1) is 11.1.